The molecule has 2 aromatic carbocycles. The first-order chi connectivity index (χ1) is 26.3. The molecule has 1 saturated carbocycles. The number of piperidine rings is 1. The van der Waals surface area contributed by atoms with Crippen molar-refractivity contribution in [1.29, 1.82) is 0 Å². The van der Waals surface area contributed by atoms with Crippen molar-refractivity contribution in [3.05, 3.63) is 107 Å². The molecule has 4 amide bonds. The third-order valence-electron chi connectivity index (χ3n) is 11.1. The van der Waals surface area contributed by atoms with Crippen molar-refractivity contribution in [1.82, 2.24) is 34.4 Å². The molecule has 3 aliphatic rings. The van der Waals surface area contributed by atoms with Crippen molar-refractivity contribution in [3.63, 3.8) is 0 Å². The zero-order chi connectivity index (χ0) is 38.9. The summed E-state index contributed by atoms with van der Waals surface area (Å²) in [5.74, 6) is -0.369. The van der Waals surface area contributed by atoms with Crippen molar-refractivity contribution in [2.24, 2.45) is 0 Å². The van der Waals surface area contributed by atoms with Gasteiger partial charge in [-0.05, 0) is 100 Å². The Labute approximate surface area is 322 Å². The molecule has 1 aliphatic carbocycles. The van der Waals surface area contributed by atoms with Crippen molar-refractivity contribution < 1.29 is 23.9 Å². The predicted molar refractivity (Wildman–Crippen MR) is 209 cm³/mol. The number of likely N-dealkylation sites (tertiary alicyclic amines) is 1. The van der Waals surface area contributed by atoms with Crippen LogP contribution in [0.25, 0.3) is 0 Å². The van der Waals surface area contributed by atoms with E-state index in [0.29, 0.717) is 42.1 Å². The van der Waals surface area contributed by atoms with E-state index in [9.17, 15) is 19.2 Å². The number of hydrogen-bond acceptors (Lipinski definition) is 7. The van der Waals surface area contributed by atoms with Gasteiger partial charge < -0.3 is 29.7 Å². The van der Waals surface area contributed by atoms with Crippen molar-refractivity contribution >= 4 is 29.5 Å². The first kappa shape index (κ1) is 37.9. The summed E-state index contributed by atoms with van der Waals surface area (Å²) in [5, 5.41) is 10.5. The SMILES string of the molecule is CN(C)C(=O)c1ccc(CN2CCn3c(C(=O)NCc4ccc(NC(=O)c5cnn(C6CCN(C(=O)OC(C)(C)C)CC6)c5)cc4)ccc3C23CCC3)cc1. The van der Waals surface area contributed by atoms with Gasteiger partial charge in [0.2, 0.25) is 0 Å². The molecule has 2 fully saturated rings. The van der Waals surface area contributed by atoms with Gasteiger partial charge >= 0.3 is 6.09 Å². The van der Waals surface area contributed by atoms with E-state index in [1.807, 2.05) is 80.1 Å². The summed E-state index contributed by atoms with van der Waals surface area (Å²) >= 11 is 0. The molecule has 13 nitrogen and oxygen atoms in total. The summed E-state index contributed by atoms with van der Waals surface area (Å²) in [4.78, 5) is 57.2. The van der Waals surface area contributed by atoms with Crippen LogP contribution in [0.4, 0.5) is 10.5 Å². The quantitative estimate of drug-likeness (QED) is 0.213. The highest BCUT2D eigenvalue weighted by molar-refractivity contribution is 6.04. The molecule has 0 atom stereocenters. The molecule has 4 aromatic rings. The number of fused-ring (bicyclic) bond motifs is 2. The lowest BCUT2D eigenvalue weighted by molar-refractivity contribution is -0.0217. The zero-order valence-electron chi connectivity index (χ0n) is 32.5. The highest BCUT2D eigenvalue weighted by Crippen LogP contribution is 2.49. The fraction of sp³-hybridized carbons (Fsp3) is 0.452. The lowest BCUT2D eigenvalue weighted by Crippen LogP contribution is -2.56. The second-order valence-electron chi connectivity index (χ2n) is 16.2. The summed E-state index contributed by atoms with van der Waals surface area (Å²) in [7, 11) is 3.52. The topological polar surface area (TPSA) is 134 Å². The van der Waals surface area contributed by atoms with E-state index in [1.165, 1.54) is 11.3 Å². The third-order valence-corrected chi connectivity index (χ3v) is 11.1. The third kappa shape index (κ3) is 8.17. The molecule has 4 heterocycles. The standard InChI is InChI=1S/C42H52N8O5/c1-41(2,3)55-40(54)47-21-17-34(18-22-47)50-28-32(26-44-50)37(51)45-33-13-9-29(10-14-33)25-43-38(52)35-15-16-36-42(19-6-20-42)48(23-24-49(35)36)27-30-7-11-31(12-8-30)39(53)46(4)5/h7-16,26,28,34H,6,17-25,27H2,1-5H3,(H,43,52)(H,45,51). The highest BCUT2D eigenvalue weighted by Gasteiger charge is 2.48. The summed E-state index contributed by atoms with van der Waals surface area (Å²) in [6.45, 7) is 9.43. The van der Waals surface area contributed by atoms with Gasteiger partial charge in [-0.3, -0.25) is 24.0 Å². The van der Waals surface area contributed by atoms with Crippen LogP contribution >= 0.6 is 0 Å². The number of hydrogen-bond donors (Lipinski definition) is 2. The van der Waals surface area contributed by atoms with Crippen molar-refractivity contribution in [3.8, 4) is 0 Å². The molecule has 290 valence electrons. The van der Waals surface area contributed by atoms with E-state index < -0.39 is 5.60 Å². The maximum atomic E-state index is 13.5. The maximum absolute atomic E-state index is 13.5. The Morgan fingerprint density at radius 1 is 0.855 bits per heavy atom. The number of benzene rings is 2. The molecule has 13 heteroatoms. The van der Waals surface area contributed by atoms with Crippen LogP contribution in [-0.2, 0) is 29.9 Å². The second kappa shape index (κ2) is 15.4. The molecule has 1 saturated heterocycles. The molecule has 0 radical (unpaired) electrons. The van der Waals surface area contributed by atoms with Crippen LogP contribution in [0.2, 0.25) is 0 Å². The number of ether oxygens (including phenoxy) is 1. The number of rotatable bonds is 9. The van der Waals surface area contributed by atoms with Crippen LogP contribution in [0.5, 0.6) is 0 Å². The first-order valence-corrected chi connectivity index (χ1v) is 19.3. The monoisotopic (exact) mass is 748 g/mol. The van der Waals surface area contributed by atoms with E-state index >= 15 is 0 Å². The van der Waals surface area contributed by atoms with Gasteiger partial charge in [0.1, 0.15) is 11.3 Å². The molecule has 0 unspecified atom stereocenters. The fourth-order valence-corrected chi connectivity index (χ4v) is 7.93. The molecule has 55 heavy (non-hydrogen) atoms. The Morgan fingerprint density at radius 3 is 2.18 bits per heavy atom. The van der Waals surface area contributed by atoms with Crippen LogP contribution in [0, 0.1) is 0 Å². The van der Waals surface area contributed by atoms with Gasteiger partial charge in [-0.2, -0.15) is 5.10 Å². The van der Waals surface area contributed by atoms with Gasteiger partial charge in [-0.25, -0.2) is 4.79 Å². The smallest absolute Gasteiger partial charge is 0.410 e. The Morgan fingerprint density at radius 2 is 1.55 bits per heavy atom. The second-order valence-corrected chi connectivity index (χ2v) is 16.2. The van der Waals surface area contributed by atoms with Gasteiger partial charge in [-0.15, -0.1) is 0 Å². The summed E-state index contributed by atoms with van der Waals surface area (Å²) in [6.07, 6.45) is 7.74. The molecule has 1 spiro atoms. The number of nitrogens with one attached hydrogen (secondary N) is 2. The number of carbonyl (C=O) groups is 4. The van der Waals surface area contributed by atoms with E-state index in [2.05, 4.69) is 31.3 Å². The Hall–Kier alpha value is -5.43. The average molecular weight is 749 g/mol. The largest absolute Gasteiger partial charge is 0.444 e. The molecular weight excluding hydrogens is 697 g/mol. The number of carbonyl (C=O) groups excluding carboxylic acids is 4. The van der Waals surface area contributed by atoms with E-state index in [0.717, 1.165) is 57.3 Å². The van der Waals surface area contributed by atoms with E-state index in [-0.39, 0.29) is 35.4 Å². The van der Waals surface area contributed by atoms with E-state index in [4.69, 9.17) is 4.74 Å². The first-order valence-electron chi connectivity index (χ1n) is 19.3. The number of amides is 4. The van der Waals surface area contributed by atoms with Gasteiger partial charge in [0.25, 0.3) is 17.7 Å². The molecular formula is C42H52N8O5. The zero-order valence-corrected chi connectivity index (χ0v) is 32.5. The van der Waals surface area contributed by atoms with Crippen LogP contribution < -0.4 is 10.6 Å². The molecule has 7 rings (SSSR count). The molecule has 0 bridgehead atoms. The normalized spacial score (nSPS) is 16.9. The van der Waals surface area contributed by atoms with Gasteiger partial charge in [-0.1, -0.05) is 24.3 Å². The molecule has 2 aliphatic heterocycles. The summed E-state index contributed by atoms with van der Waals surface area (Å²) in [6, 6.07) is 19.5. The summed E-state index contributed by atoms with van der Waals surface area (Å²) < 4.78 is 9.50. The van der Waals surface area contributed by atoms with Crippen LogP contribution in [0.15, 0.2) is 73.1 Å². The highest BCUT2D eigenvalue weighted by atomic mass is 16.6. The minimum absolute atomic E-state index is 0.00189. The minimum atomic E-state index is -0.533. The summed E-state index contributed by atoms with van der Waals surface area (Å²) in [5.41, 5.74) is 5.13. The van der Waals surface area contributed by atoms with Gasteiger partial charge in [0.05, 0.1) is 23.3 Å². The van der Waals surface area contributed by atoms with Crippen LogP contribution in [0.3, 0.4) is 0 Å². The Kier molecular flexibility index (Phi) is 10.6. The fourth-order valence-electron chi connectivity index (χ4n) is 7.93. The van der Waals surface area contributed by atoms with Crippen molar-refractivity contribution in [2.45, 2.75) is 89.7 Å². The van der Waals surface area contributed by atoms with Gasteiger partial charge in [0, 0.05) is 76.5 Å². The predicted octanol–water partition coefficient (Wildman–Crippen LogP) is 6.04. The minimum Gasteiger partial charge on any atom is -0.444 e. The van der Waals surface area contributed by atoms with Crippen molar-refractivity contribution in [2.75, 3.05) is 39.0 Å². The van der Waals surface area contributed by atoms with Gasteiger partial charge in [0.15, 0.2) is 0 Å². The maximum Gasteiger partial charge on any atom is 0.410 e. The van der Waals surface area contributed by atoms with E-state index in [1.54, 1.807) is 36.3 Å². The average Bonchev–Trinajstić information content (AvgIpc) is 3.82. The Bertz CT molecular complexity index is 2030. The Balaban J connectivity index is 0.903. The number of aromatic nitrogens is 3. The lowest BCUT2D eigenvalue weighted by atomic mass is 9.71. The lowest BCUT2D eigenvalue weighted by Gasteiger charge is -2.53. The number of nitrogens with zero attached hydrogens (tertiary/aromatic N) is 6. The number of anilines is 1. The molecule has 2 aromatic heterocycles. The van der Waals surface area contributed by atoms with Crippen LogP contribution in [0.1, 0.15) is 107 Å². The van der Waals surface area contributed by atoms with Crippen LogP contribution in [-0.4, -0.2) is 92.2 Å². The molecule has 2 N–H and O–H groups in total.